The van der Waals surface area contributed by atoms with Crippen LogP contribution in [-0.2, 0) is 17.6 Å². The molecule has 0 radical (unpaired) electrons. The molecule has 1 aliphatic rings. The number of anilines is 2. The van der Waals surface area contributed by atoms with Gasteiger partial charge in [-0.25, -0.2) is 19.5 Å². The number of nitrogens with one attached hydrogen (secondary N) is 1. The molecule has 0 fully saturated rings. The van der Waals surface area contributed by atoms with Crippen LogP contribution in [0.3, 0.4) is 0 Å². The minimum absolute atomic E-state index is 0.337. The Labute approximate surface area is 163 Å². The lowest BCUT2D eigenvalue weighted by atomic mass is 9.88. The number of ether oxygens (including phenoxy) is 1. The number of carbonyl (C=O) groups is 1. The van der Waals surface area contributed by atoms with Crippen molar-refractivity contribution in [3.05, 3.63) is 35.2 Å². The van der Waals surface area contributed by atoms with Gasteiger partial charge in [-0.3, -0.25) is 4.79 Å². The molecular formula is C18H16N6O3S. The highest BCUT2D eigenvalue weighted by molar-refractivity contribution is 7.19. The van der Waals surface area contributed by atoms with Gasteiger partial charge >= 0.3 is 5.97 Å². The van der Waals surface area contributed by atoms with Crippen LogP contribution >= 0.6 is 11.3 Å². The number of carboxylic acid groups (broad SMARTS) is 1. The van der Waals surface area contributed by atoms with Gasteiger partial charge in [-0.15, -0.1) is 11.3 Å². The zero-order chi connectivity index (χ0) is 19.3. The summed E-state index contributed by atoms with van der Waals surface area (Å²) < 4.78 is 7.09. The lowest BCUT2D eigenvalue weighted by molar-refractivity contribution is -0.142. The molecule has 10 heteroatoms. The predicted octanol–water partition coefficient (Wildman–Crippen LogP) is 2.68. The Morgan fingerprint density at radius 1 is 1.39 bits per heavy atom. The van der Waals surface area contributed by atoms with Crippen molar-refractivity contribution in [2.24, 2.45) is 5.92 Å². The first-order valence-corrected chi connectivity index (χ1v) is 9.59. The maximum Gasteiger partial charge on any atom is 0.306 e. The highest BCUT2D eigenvalue weighted by Gasteiger charge is 2.29. The summed E-state index contributed by atoms with van der Waals surface area (Å²) in [5.41, 5.74) is 1.82. The summed E-state index contributed by atoms with van der Waals surface area (Å²) in [6, 6.07) is 1.80. The topological polar surface area (TPSA) is 115 Å². The van der Waals surface area contributed by atoms with Gasteiger partial charge in [0, 0.05) is 10.9 Å². The molecule has 0 saturated heterocycles. The zero-order valence-corrected chi connectivity index (χ0v) is 15.7. The Morgan fingerprint density at radius 3 is 3.11 bits per heavy atom. The third-order valence-corrected chi connectivity index (χ3v) is 6.16. The number of aliphatic carboxylic acids is 1. The molecule has 4 heterocycles. The van der Waals surface area contributed by atoms with Crippen molar-refractivity contribution in [3.63, 3.8) is 0 Å². The summed E-state index contributed by atoms with van der Waals surface area (Å²) in [7, 11) is 1.57. The van der Waals surface area contributed by atoms with E-state index in [1.807, 2.05) is 0 Å². The molecule has 1 aliphatic carbocycles. The number of aromatic nitrogens is 5. The average Bonchev–Trinajstić information content (AvgIpc) is 3.30. The molecule has 0 spiro atoms. The van der Waals surface area contributed by atoms with Gasteiger partial charge in [0.2, 0.25) is 0 Å². The van der Waals surface area contributed by atoms with E-state index < -0.39 is 5.97 Å². The number of hydrogen-bond acceptors (Lipinski definition) is 8. The lowest BCUT2D eigenvalue weighted by Crippen LogP contribution is -2.21. The molecule has 1 atom stereocenters. The second kappa shape index (κ2) is 6.41. The summed E-state index contributed by atoms with van der Waals surface area (Å²) in [5, 5.41) is 17.7. The number of thiophene rings is 1. The second-order valence-corrected chi connectivity index (χ2v) is 7.68. The van der Waals surface area contributed by atoms with E-state index in [1.54, 1.807) is 30.1 Å². The van der Waals surface area contributed by atoms with E-state index in [-0.39, 0.29) is 5.92 Å². The number of aryl methyl sites for hydroxylation is 1. The summed E-state index contributed by atoms with van der Waals surface area (Å²) in [6.45, 7) is 0. The number of methoxy groups -OCH3 is 1. The third-order valence-electron chi connectivity index (χ3n) is 5.00. The van der Waals surface area contributed by atoms with Gasteiger partial charge < -0.3 is 15.2 Å². The molecule has 0 aliphatic heterocycles. The summed E-state index contributed by atoms with van der Waals surface area (Å²) >= 11 is 1.54. The van der Waals surface area contributed by atoms with Crippen LogP contribution in [0, 0.1) is 5.92 Å². The third kappa shape index (κ3) is 2.64. The Hall–Kier alpha value is -3.27. The summed E-state index contributed by atoms with van der Waals surface area (Å²) in [4.78, 5) is 26.7. The van der Waals surface area contributed by atoms with Crippen LogP contribution in [0.5, 0.6) is 5.75 Å². The highest BCUT2D eigenvalue weighted by atomic mass is 32.1. The Kier molecular flexibility index (Phi) is 3.86. The van der Waals surface area contributed by atoms with Crippen LogP contribution in [0.15, 0.2) is 24.8 Å². The summed E-state index contributed by atoms with van der Waals surface area (Å²) in [5.74, 6) is 0.644. The van der Waals surface area contributed by atoms with E-state index in [1.165, 1.54) is 17.7 Å². The SMILES string of the molecule is COc1cn2nccc2nc1Nc1ncnc2sc3c(c12)CC[C@H](C(=O)O)C3. The fourth-order valence-corrected chi connectivity index (χ4v) is 4.87. The van der Waals surface area contributed by atoms with Crippen molar-refractivity contribution >= 4 is 44.8 Å². The zero-order valence-electron chi connectivity index (χ0n) is 14.9. The highest BCUT2D eigenvalue weighted by Crippen LogP contribution is 2.40. The van der Waals surface area contributed by atoms with Gasteiger partial charge in [-0.1, -0.05) is 0 Å². The molecule has 2 N–H and O–H groups in total. The Morgan fingerprint density at radius 2 is 2.29 bits per heavy atom. The monoisotopic (exact) mass is 396 g/mol. The van der Waals surface area contributed by atoms with Crippen LogP contribution < -0.4 is 10.1 Å². The predicted molar refractivity (Wildman–Crippen MR) is 103 cm³/mol. The molecular weight excluding hydrogens is 380 g/mol. The van der Waals surface area contributed by atoms with Crippen LogP contribution in [0.25, 0.3) is 15.9 Å². The number of carboxylic acids is 1. The smallest absolute Gasteiger partial charge is 0.306 e. The van der Waals surface area contributed by atoms with Crippen LogP contribution in [0.2, 0.25) is 0 Å². The van der Waals surface area contributed by atoms with Crippen molar-refractivity contribution in [2.45, 2.75) is 19.3 Å². The first kappa shape index (κ1) is 16.9. The quantitative estimate of drug-likeness (QED) is 0.541. The van der Waals surface area contributed by atoms with Gasteiger partial charge in [0.1, 0.15) is 17.0 Å². The molecule has 142 valence electrons. The molecule has 28 heavy (non-hydrogen) atoms. The van der Waals surface area contributed by atoms with E-state index in [2.05, 4.69) is 25.4 Å². The number of nitrogens with zero attached hydrogens (tertiary/aromatic N) is 5. The maximum atomic E-state index is 11.4. The minimum Gasteiger partial charge on any atom is -0.491 e. The van der Waals surface area contributed by atoms with Crippen LogP contribution in [0.1, 0.15) is 16.9 Å². The molecule has 0 amide bonds. The Balaban J connectivity index is 1.60. The van der Waals surface area contributed by atoms with Crippen LogP contribution in [0.4, 0.5) is 11.6 Å². The first-order valence-electron chi connectivity index (χ1n) is 8.77. The molecule has 0 bridgehead atoms. The van der Waals surface area contributed by atoms with Crippen molar-refractivity contribution in [1.29, 1.82) is 0 Å². The second-order valence-electron chi connectivity index (χ2n) is 6.60. The van der Waals surface area contributed by atoms with Gasteiger partial charge in [0.05, 0.1) is 30.8 Å². The molecule has 9 nitrogen and oxygen atoms in total. The molecule has 0 aromatic carbocycles. The van der Waals surface area contributed by atoms with Crippen molar-refractivity contribution in [1.82, 2.24) is 24.6 Å². The normalized spacial score (nSPS) is 16.2. The molecule has 5 rings (SSSR count). The number of rotatable bonds is 4. The van der Waals surface area contributed by atoms with Gasteiger partial charge in [0.15, 0.2) is 17.2 Å². The lowest BCUT2D eigenvalue weighted by Gasteiger charge is -2.18. The van der Waals surface area contributed by atoms with Crippen LogP contribution in [-0.4, -0.2) is 42.8 Å². The fraction of sp³-hybridized carbons (Fsp3) is 0.278. The molecule has 4 aromatic heterocycles. The first-order chi connectivity index (χ1) is 13.6. The molecule has 0 unspecified atom stereocenters. The minimum atomic E-state index is -0.740. The van der Waals surface area contributed by atoms with Gasteiger partial charge in [-0.05, 0) is 24.8 Å². The van der Waals surface area contributed by atoms with E-state index in [0.29, 0.717) is 42.3 Å². The van der Waals surface area contributed by atoms with Crippen molar-refractivity contribution in [2.75, 3.05) is 12.4 Å². The fourth-order valence-electron chi connectivity index (χ4n) is 3.60. The number of fused-ring (bicyclic) bond motifs is 4. The van der Waals surface area contributed by atoms with Crippen molar-refractivity contribution < 1.29 is 14.6 Å². The molecule has 4 aromatic rings. The maximum absolute atomic E-state index is 11.4. The summed E-state index contributed by atoms with van der Waals surface area (Å²) in [6.07, 6.45) is 6.78. The largest absolute Gasteiger partial charge is 0.491 e. The van der Waals surface area contributed by atoms with E-state index in [9.17, 15) is 9.90 Å². The van der Waals surface area contributed by atoms with Gasteiger partial charge in [0.25, 0.3) is 0 Å². The van der Waals surface area contributed by atoms with E-state index in [0.717, 1.165) is 20.7 Å². The number of hydrogen-bond donors (Lipinski definition) is 2. The van der Waals surface area contributed by atoms with E-state index in [4.69, 9.17) is 4.74 Å². The average molecular weight is 396 g/mol. The molecule has 0 saturated carbocycles. The Bertz CT molecular complexity index is 1220. The van der Waals surface area contributed by atoms with Gasteiger partial charge in [-0.2, -0.15) is 5.10 Å². The van der Waals surface area contributed by atoms with E-state index >= 15 is 0 Å². The van der Waals surface area contributed by atoms with Crippen molar-refractivity contribution in [3.8, 4) is 5.75 Å². The standard InChI is InChI=1S/C18H16N6O3S/c1-27-11-7-24-13(4-5-21-24)22-15(11)23-16-14-10-3-2-9(18(25)26)6-12(10)28-17(14)20-8-19-16/h4-5,7-9H,2-3,6H2,1H3,(H,25,26)(H,19,20,22,23)/t9-/m0/s1.